The first-order valence-electron chi connectivity index (χ1n) is 4.51. The zero-order valence-electron chi connectivity index (χ0n) is 8.24. The zero-order valence-corrected chi connectivity index (χ0v) is 8.24. The Morgan fingerprint density at radius 2 is 1.80 bits per heavy atom. The predicted octanol–water partition coefficient (Wildman–Crippen LogP) is 2.17. The van der Waals surface area contributed by atoms with E-state index in [-0.39, 0.29) is 11.5 Å². The highest BCUT2D eigenvalue weighted by Crippen LogP contribution is 2.22. The molecule has 0 aliphatic rings. The molecule has 4 heteroatoms. The number of rotatable bonds is 1. The van der Waals surface area contributed by atoms with Gasteiger partial charge in [0.15, 0.2) is 11.6 Å². The summed E-state index contributed by atoms with van der Waals surface area (Å²) >= 11 is 0. The van der Waals surface area contributed by atoms with Gasteiger partial charge in [0.25, 0.3) is 0 Å². The molecule has 2 aromatic rings. The average molecular weight is 203 g/mol. The number of hydrogen-bond acceptors (Lipinski definition) is 3. The summed E-state index contributed by atoms with van der Waals surface area (Å²) in [6, 6.07) is 7.40. The van der Waals surface area contributed by atoms with E-state index in [2.05, 4.69) is 9.97 Å². The Labute approximate surface area is 86.8 Å². The molecule has 0 atom stereocenters. The lowest BCUT2D eigenvalue weighted by Gasteiger charge is -2.03. The Balaban J connectivity index is 2.54. The second-order valence-corrected chi connectivity index (χ2v) is 3.29. The Hall–Kier alpha value is -1.97. The van der Waals surface area contributed by atoms with Crippen LogP contribution in [0.5, 0.6) is 0 Å². The average Bonchev–Trinajstić information content (AvgIpc) is 2.24. The van der Waals surface area contributed by atoms with Gasteiger partial charge in [-0.3, -0.25) is 0 Å². The molecule has 2 N–H and O–H groups in total. The van der Waals surface area contributed by atoms with Crippen molar-refractivity contribution >= 4 is 5.82 Å². The molecule has 0 bridgehead atoms. The van der Waals surface area contributed by atoms with Crippen molar-refractivity contribution in [3.63, 3.8) is 0 Å². The summed E-state index contributed by atoms with van der Waals surface area (Å²) in [5.74, 6) is -0.693. The second-order valence-electron chi connectivity index (χ2n) is 3.29. The molecule has 0 radical (unpaired) electrons. The minimum atomic E-state index is -0.568. The summed E-state index contributed by atoms with van der Waals surface area (Å²) in [7, 11) is 0. The first-order valence-corrected chi connectivity index (χ1v) is 4.51. The van der Waals surface area contributed by atoms with Gasteiger partial charge in [0.05, 0.1) is 0 Å². The lowest BCUT2D eigenvalue weighted by Crippen LogP contribution is -1.99. The monoisotopic (exact) mass is 203 g/mol. The van der Waals surface area contributed by atoms with Gasteiger partial charge >= 0.3 is 0 Å². The molecule has 15 heavy (non-hydrogen) atoms. The molecule has 0 fully saturated rings. The minimum absolute atomic E-state index is 0.124. The van der Waals surface area contributed by atoms with Crippen molar-refractivity contribution in [3.05, 3.63) is 42.0 Å². The van der Waals surface area contributed by atoms with E-state index in [4.69, 9.17) is 5.73 Å². The molecule has 0 spiro atoms. The van der Waals surface area contributed by atoms with Crippen molar-refractivity contribution in [2.45, 2.75) is 6.92 Å². The third kappa shape index (κ3) is 1.79. The van der Waals surface area contributed by atoms with E-state index in [0.29, 0.717) is 5.56 Å². The Bertz CT molecular complexity index is 480. The molecular formula is C11H10FN3. The highest BCUT2D eigenvalue weighted by molar-refractivity contribution is 5.62. The normalized spacial score (nSPS) is 10.3. The summed E-state index contributed by atoms with van der Waals surface area (Å²) in [5.41, 5.74) is 7.41. The number of aryl methyl sites for hydroxylation is 1. The number of nitrogens with two attached hydrogens (primary N) is 1. The van der Waals surface area contributed by atoms with E-state index in [1.165, 1.54) is 6.33 Å². The number of aromatic nitrogens is 2. The molecule has 0 aliphatic heterocycles. The van der Waals surface area contributed by atoms with E-state index >= 15 is 0 Å². The maximum Gasteiger partial charge on any atom is 0.191 e. The summed E-state index contributed by atoms with van der Waals surface area (Å²) in [6.45, 7) is 1.97. The van der Waals surface area contributed by atoms with Crippen molar-refractivity contribution in [2.75, 3.05) is 5.73 Å². The van der Waals surface area contributed by atoms with Crippen LogP contribution in [0.3, 0.4) is 0 Å². The van der Waals surface area contributed by atoms with Gasteiger partial charge in [-0.15, -0.1) is 0 Å². The van der Waals surface area contributed by atoms with Gasteiger partial charge in [0, 0.05) is 5.56 Å². The molecule has 0 saturated carbocycles. The van der Waals surface area contributed by atoms with Gasteiger partial charge in [0.1, 0.15) is 12.0 Å². The van der Waals surface area contributed by atoms with Gasteiger partial charge in [0.2, 0.25) is 0 Å². The summed E-state index contributed by atoms with van der Waals surface area (Å²) in [6.07, 6.45) is 1.26. The van der Waals surface area contributed by atoms with E-state index in [1.54, 1.807) is 12.1 Å². The largest absolute Gasteiger partial charge is 0.381 e. The van der Waals surface area contributed by atoms with E-state index in [9.17, 15) is 4.39 Å². The fourth-order valence-electron chi connectivity index (χ4n) is 1.30. The molecule has 1 aromatic heterocycles. The quantitative estimate of drug-likeness (QED) is 0.772. The highest BCUT2D eigenvalue weighted by atomic mass is 19.1. The van der Waals surface area contributed by atoms with Crippen LogP contribution < -0.4 is 5.73 Å². The molecule has 0 saturated heterocycles. The molecule has 0 unspecified atom stereocenters. The zero-order chi connectivity index (χ0) is 10.8. The van der Waals surface area contributed by atoms with Crippen LogP contribution in [0.15, 0.2) is 30.6 Å². The fraction of sp³-hybridized carbons (Fsp3) is 0.0909. The third-order valence-corrected chi connectivity index (χ3v) is 2.14. The molecule has 2 rings (SSSR count). The third-order valence-electron chi connectivity index (χ3n) is 2.14. The van der Waals surface area contributed by atoms with Gasteiger partial charge < -0.3 is 5.73 Å². The number of hydrogen-bond donors (Lipinski definition) is 1. The van der Waals surface area contributed by atoms with Crippen LogP contribution >= 0.6 is 0 Å². The highest BCUT2D eigenvalue weighted by Gasteiger charge is 2.09. The van der Waals surface area contributed by atoms with Crippen molar-refractivity contribution in [3.8, 4) is 11.3 Å². The summed E-state index contributed by atoms with van der Waals surface area (Å²) in [4.78, 5) is 7.45. The maximum absolute atomic E-state index is 13.5. The standard InChI is InChI=1S/C11H10FN3/c1-7-2-4-8(5-3-7)10-9(12)11(13)15-6-14-10/h2-6H,1H3,(H2,13,14,15). The van der Waals surface area contributed by atoms with Crippen molar-refractivity contribution in [1.29, 1.82) is 0 Å². The Morgan fingerprint density at radius 3 is 2.47 bits per heavy atom. The van der Waals surface area contributed by atoms with E-state index < -0.39 is 5.82 Å². The number of nitrogen functional groups attached to an aromatic ring is 1. The number of halogens is 1. The lowest BCUT2D eigenvalue weighted by molar-refractivity contribution is 0.624. The van der Waals surface area contributed by atoms with Crippen LogP contribution in [0, 0.1) is 12.7 Å². The Morgan fingerprint density at radius 1 is 1.13 bits per heavy atom. The van der Waals surface area contributed by atoms with Crippen molar-refractivity contribution in [2.24, 2.45) is 0 Å². The molecule has 0 amide bonds. The predicted molar refractivity (Wildman–Crippen MR) is 56.6 cm³/mol. The summed E-state index contributed by atoms with van der Waals surface area (Å²) in [5, 5.41) is 0. The van der Waals surface area contributed by atoms with Gasteiger partial charge in [-0.2, -0.15) is 0 Å². The van der Waals surface area contributed by atoms with Crippen LogP contribution in [0.2, 0.25) is 0 Å². The molecule has 76 valence electrons. The van der Waals surface area contributed by atoms with Gasteiger partial charge in [-0.1, -0.05) is 29.8 Å². The fourth-order valence-corrected chi connectivity index (χ4v) is 1.30. The van der Waals surface area contributed by atoms with Crippen LogP contribution in [-0.4, -0.2) is 9.97 Å². The number of benzene rings is 1. The van der Waals surface area contributed by atoms with Crippen LogP contribution in [0.1, 0.15) is 5.56 Å². The molecule has 3 nitrogen and oxygen atoms in total. The maximum atomic E-state index is 13.5. The van der Waals surface area contributed by atoms with Crippen LogP contribution in [0.4, 0.5) is 10.2 Å². The molecule has 1 aromatic carbocycles. The first kappa shape index (κ1) is 9.58. The molecule has 0 aliphatic carbocycles. The first-order chi connectivity index (χ1) is 7.18. The van der Waals surface area contributed by atoms with Gasteiger partial charge in [-0.25, -0.2) is 14.4 Å². The molecular weight excluding hydrogens is 193 g/mol. The SMILES string of the molecule is Cc1ccc(-c2ncnc(N)c2F)cc1. The van der Waals surface area contributed by atoms with Gasteiger partial charge in [-0.05, 0) is 6.92 Å². The van der Waals surface area contributed by atoms with Crippen molar-refractivity contribution < 1.29 is 4.39 Å². The number of anilines is 1. The Kier molecular flexibility index (Phi) is 2.33. The van der Waals surface area contributed by atoms with Crippen LogP contribution in [-0.2, 0) is 0 Å². The summed E-state index contributed by atoms with van der Waals surface area (Å²) < 4.78 is 13.5. The lowest BCUT2D eigenvalue weighted by atomic mass is 10.1. The minimum Gasteiger partial charge on any atom is -0.381 e. The molecule has 1 heterocycles. The van der Waals surface area contributed by atoms with E-state index in [1.807, 2.05) is 19.1 Å². The van der Waals surface area contributed by atoms with Crippen molar-refractivity contribution in [1.82, 2.24) is 9.97 Å². The van der Waals surface area contributed by atoms with E-state index in [0.717, 1.165) is 5.56 Å². The number of nitrogens with zero attached hydrogens (tertiary/aromatic N) is 2. The van der Waals surface area contributed by atoms with Crippen LogP contribution in [0.25, 0.3) is 11.3 Å². The smallest absolute Gasteiger partial charge is 0.191 e. The second kappa shape index (κ2) is 3.65. The topological polar surface area (TPSA) is 51.8 Å².